The zero-order valence-corrected chi connectivity index (χ0v) is 23.9. The van der Waals surface area contributed by atoms with E-state index in [0.29, 0.717) is 6.54 Å². The number of aliphatic hydroxyl groups excluding tert-OH is 2. The number of carbonyl (C=O) groups excluding carboxylic acids is 2. The second-order valence-electron chi connectivity index (χ2n) is 10.2. The van der Waals surface area contributed by atoms with Crippen molar-refractivity contribution >= 4 is 34.9 Å². The van der Waals surface area contributed by atoms with Gasteiger partial charge in [0.15, 0.2) is 0 Å². The van der Waals surface area contributed by atoms with Gasteiger partial charge in [-0.1, -0.05) is 42.5 Å². The third kappa shape index (κ3) is 7.54. The van der Waals surface area contributed by atoms with E-state index in [-0.39, 0.29) is 12.4 Å². The van der Waals surface area contributed by atoms with E-state index in [4.69, 9.17) is 4.74 Å². The van der Waals surface area contributed by atoms with Crippen LogP contribution < -0.4 is 21.8 Å². The number of H-pyrrole nitrogens is 1. The fourth-order valence-corrected chi connectivity index (χ4v) is 4.92. The van der Waals surface area contributed by atoms with Crippen molar-refractivity contribution in [2.75, 3.05) is 18.5 Å². The highest BCUT2D eigenvalue weighted by molar-refractivity contribution is 5.92. The lowest BCUT2D eigenvalue weighted by molar-refractivity contribution is -0.124. The van der Waals surface area contributed by atoms with Gasteiger partial charge >= 0.3 is 11.8 Å². The summed E-state index contributed by atoms with van der Waals surface area (Å²) in [4.78, 5) is 51.9. The van der Waals surface area contributed by atoms with Crippen molar-refractivity contribution in [1.82, 2.24) is 30.3 Å². The number of rotatable bonds is 10. The average Bonchev–Trinajstić information content (AvgIpc) is 3.55. The van der Waals surface area contributed by atoms with Crippen LogP contribution in [0.1, 0.15) is 35.0 Å². The highest BCUT2D eigenvalue weighted by Crippen LogP contribution is 2.27. The standard InChI is InChI=1S/C30H33N7O7/c1-18-21(22-4-2-3-5-23(22)33-18)12-13-31-15-20-8-6-19(7-9-20)10-11-26(40)36-44-30(42)35-28-32-17-37(29(41)34-28)27-14-24(39)25(16-38)43-27/h2-11,17,24-25,27,31,33,38-39H,12-16H2,1H3,(H,36,40)(H,34,35,41,42)/b11-10+/t24-,25+,27+/m0/s1. The number of aryl methyl sites for hydroxylation is 1. The summed E-state index contributed by atoms with van der Waals surface area (Å²) in [5, 5.41) is 25.9. The van der Waals surface area contributed by atoms with Gasteiger partial charge in [-0.05, 0) is 48.7 Å². The number of hydroxylamine groups is 1. The number of aromatic amines is 1. The number of nitrogens with one attached hydrogen (secondary N) is 4. The Morgan fingerprint density at radius 1 is 1.20 bits per heavy atom. The van der Waals surface area contributed by atoms with E-state index in [1.807, 2.05) is 41.9 Å². The SMILES string of the molecule is Cc1[nH]c2ccccc2c1CCNCc1ccc(/C=C/C(=O)NOC(=O)Nc2ncn([C@H]3C[C@H](O)[C@@H](CO)O3)c(=O)n2)cc1. The molecule has 14 nitrogen and oxygen atoms in total. The Kier molecular flexibility index (Phi) is 9.76. The molecule has 0 saturated carbocycles. The van der Waals surface area contributed by atoms with Gasteiger partial charge in [0.25, 0.3) is 5.91 Å². The fourth-order valence-electron chi connectivity index (χ4n) is 4.92. The highest BCUT2D eigenvalue weighted by Gasteiger charge is 2.35. The molecule has 1 aliphatic rings. The Labute approximate surface area is 251 Å². The minimum atomic E-state index is -1.12. The summed E-state index contributed by atoms with van der Waals surface area (Å²) < 4.78 is 6.42. The number of amides is 2. The molecule has 5 rings (SSSR count). The minimum absolute atomic E-state index is 0.0665. The van der Waals surface area contributed by atoms with E-state index < -0.39 is 42.7 Å². The van der Waals surface area contributed by atoms with Crippen LogP contribution in [0, 0.1) is 6.92 Å². The zero-order valence-electron chi connectivity index (χ0n) is 23.9. The van der Waals surface area contributed by atoms with Crippen LogP contribution in [-0.4, -0.2) is 67.1 Å². The lowest BCUT2D eigenvalue weighted by atomic mass is 10.1. The lowest BCUT2D eigenvalue weighted by Crippen LogP contribution is -2.32. The van der Waals surface area contributed by atoms with Crippen LogP contribution in [0.4, 0.5) is 10.7 Å². The molecular formula is C30H33N7O7. The minimum Gasteiger partial charge on any atom is -0.394 e. The van der Waals surface area contributed by atoms with Crippen molar-refractivity contribution in [2.45, 2.75) is 44.7 Å². The predicted molar refractivity (Wildman–Crippen MR) is 160 cm³/mol. The lowest BCUT2D eigenvalue weighted by Gasteiger charge is -2.13. The van der Waals surface area contributed by atoms with Gasteiger partial charge in [-0.15, -0.1) is 0 Å². The molecule has 0 radical (unpaired) electrons. The summed E-state index contributed by atoms with van der Waals surface area (Å²) >= 11 is 0. The van der Waals surface area contributed by atoms with Crippen LogP contribution in [0.25, 0.3) is 17.0 Å². The number of aromatic nitrogens is 4. The third-order valence-electron chi connectivity index (χ3n) is 7.19. The molecule has 2 aromatic heterocycles. The summed E-state index contributed by atoms with van der Waals surface area (Å²) in [7, 11) is 0. The molecule has 2 aromatic carbocycles. The van der Waals surface area contributed by atoms with Gasteiger partial charge in [0.05, 0.1) is 12.7 Å². The number of hydrogen-bond donors (Lipinski definition) is 6. The van der Waals surface area contributed by atoms with Crippen molar-refractivity contribution in [2.24, 2.45) is 0 Å². The van der Waals surface area contributed by atoms with Gasteiger partial charge in [0.1, 0.15) is 18.7 Å². The van der Waals surface area contributed by atoms with Gasteiger partial charge in [-0.3, -0.25) is 14.7 Å². The van der Waals surface area contributed by atoms with Crippen LogP contribution in [0.2, 0.25) is 0 Å². The Morgan fingerprint density at radius 2 is 2.00 bits per heavy atom. The summed E-state index contributed by atoms with van der Waals surface area (Å²) in [6, 6.07) is 16.0. The second-order valence-corrected chi connectivity index (χ2v) is 10.2. The molecule has 6 N–H and O–H groups in total. The number of benzene rings is 2. The van der Waals surface area contributed by atoms with Gasteiger partial charge in [-0.2, -0.15) is 10.5 Å². The summed E-state index contributed by atoms with van der Waals surface area (Å²) in [6.45, 7) is 3.23. The molecule has 14 heteroatoms. The van der Waals surface area contributed by atoms with Crippen molar-refractivity contribution in [3.05, 3.63) is 93.8 Å². The molecule has 2 amide bonds. The topological polar surface area (TPSA) is 193 Å². The number of aliphatic hydroxyl groups is 2. The Morgan fingerprint density at radius 3 is 2.75 bits per heavy atom. The van der Waals surface area contributed by atoms with Crippen LogP contribution in [-0.2, 0) is 27.3 Å². The largest absolute Gasteiger partial charge is 0.438 e. The average molecular weight is 604 g/mol. The van der Waals surface area contributed by atoms with Crippen molar-refractivity contribution < 1.29 is 29.4 Å². The number of carbonyl (C=O) groups is 2. The molecule has 4 aromatic rings. The van der Waals surface area contributed by atoms with Crippen LogP contribution in [0.15, 0.2) is 65.7 Å². The summed E-state index contributed by atoms with van der Waals surface area (Å²) in [6.07, 6.45) is 1.09. The van der Waals surface area contributed by atoms with Crippen LogP contribution >= 0.6 is 0 Å². The number of hydrogen-bond acceptors (Lipinski definition) is 10. The number of anilines is 1. The van der Waals surface area contributed by atoms with Gasteiger partial charge in [0, 0.05) is 35.6 Å². The number of nitrogens with zero attached hydrogens (tertiary/aromatic N) is 3. The smallest absolute Gasteiger partial charge is 0.394 e. The predicted octanol–water partition coefficient (Wildman–Crippen LogP) is 1.69. The molecule has 0 spiro atoms. The molecule has 3 heterocycles. The molecule has 230 valence electrons. The summed E-state index contributed by atoms with van der Waals surface area (Å²) in [5.74, 6) is -1.05. The summed E-state index contributed by atoms with van der Waals surface area (Å²) in [5.41, 5.74) is 6.70. The third-order valence-corrected chi connectivity index (χ3v) is 7.19. The van der Waals surface area contributed by atoms with Crippen LogP contribution in [0.3, 0.4) is 0 Å². The molecule has 44 heavy (non-hydrogen) atoms. The fraction of sp³-hybridized carbons (Fsp3) is 0.300. The molecule has 0 unspecified atom stereocenters. The first-order valence-corrected chi connectivity index (χ1v) is 14.0. The van der Waals surface area contributed by atoms with Gasteiger partial charge in [0.2, 0.25) is 5.95 Å². The van der Waals surface area contributed by atoms with E-state index >= 15 is 0 Å². The normalized spacial score (nSPS) is 18.1. The number of fused-ring (bicyclic) bond motifs is 1. The first kappa shape index (κ1) is 30.6. The molecular weight excluding hydrogens is 570 g/mol. The molecule has 1 saturated heterocycles. The Bertz CT molecular complexity index is 1700. The van der Waals surface area contributed by atoms with Gasteiger partial charge in [-0.25, -0.2) is 14.6 Å². The van der Waals surface area contributed by atoms with E-state index in [1.54, 1.807) is 6.08 Å². The number of ether oxygens (including phenoxy) is 1. The molecule has 0 bridgehead atoms. The Hall–Kier alpha value is -4.89. The van der Waals surface area contributed by atoms with E-state index in [9.17, 15) is 24.6 Å². The van der Waals surface area contributed by atoms with E-state index in [0.717, 1.165) is 40.5 Å². The van der Waals surface area contributed by atoms with Crippen molar-refractivity contribution in [1.29, 1.82) is 0 Å². The molecule has 3 atom stereocenters. The van der Waals surface area contributed by atoms with E-state index in [2.05, 4.69) is 49.5 Å². The first-order chi connectivity index (χ1) is 21.3. The first-order valence-electron chi connectivity index (χ1n) is 14.0. The van der Waals surface area contributed by atoms with E-state index in [1.165, 1.54) is 22.7 Å². The van der Waals surface area contributed by atoms with Crippen molar-refractivity contribution in [3.63, 3.8) is 0 Å². The maximum atomic E-state index is 12.3. The second kappa shape index (κ2) is 14.1. The maximum absolute atomic E-state index is 12.3. The zero-order chi connectivity index (χ0) is 31.1. The number of para-hydroxylation sites is 1. The molecule has 0 aliphatic carbocycles. The molecule has 1 aliphatic heterocycles. The quantitative estimate of drug-likeness (QED) is 0.0883. The maximum Gasteiger partial charge on any atom is 0.438 e. The van der Waals surface area contributed by atoms with Crippen molar-refractivity contribution in [3.8, 4) is 0 Å². The monoisotopic (exact) mass is 603 g/mol. The Balaban J connectivity index is 1.02. The van der Waals surface area contributed by atoms with Gasteiger partial charge < -0.3 is 30.1 Å². The highest BCUT2D eigenvalue weighted by atomic mass is 16.7. The van der Waals surface area contributed by atoms with Crippen LogP contribution in [0.5, 0.6) is 0 Å². The molecule has 1 fully saturated rings.